The molecule has 25 heavy (non-hydrogen) atoms. The summed E-state index contributed by atoms with van der Waals surface area (Å²) >= 11 is 0. The number of rotatable bonds is 5. The van der Waals surface area contributed by atoms with E-state index in [-0.39, 0.29) is 18.0 Å². The van der Waals surface area contributed by atoms with Gasteiger partial charge in [-0.2, -0.15) is 13.2 Å². The van der Waals surface area contributed by atoms with Crippen LogP contribution in [0.5, 0.6) is 0 Å². The van der Waals surface area contributed by atoms with E-state index in [1.165, 1.54) is 25.0 Å². The highest BCUT2D eigenvalue weighted by molar-refractivity contribution is 5.82. The zero-order valence-electron chi connectivity index (χ0n) is 13.9. The van der Waals surface area contributed by atoms with Gasteiger partial charge in [-0.15, -0.1) is 0 Å². The lowest BCUT2D eigenvalue weighted by molar-refractivity contribution is -0.138. The van der Waals surface area contributed by atoms with Gasteiger partial charge in [-0.1, -0.05) is 12.1 Å². The van der Waals surface area contributed by atoms with Crippen molar-refractivity contribution < 1.29 is 18.0 Å². The topological polar surface area (TPSA) is 44.4 Å². The zero-order chi connectivity index (χ0) is 17.6. The van der Waals surface area contributed by atoms with Crippen LogP contribution in [0, 0.1) is 5.92 Å². The molecule has 136 valence electrons. The van der Waals surface area contributed by atoms with Crippen molar-refractivity contribution in [3.8, 4) is 0 Å². The Labute approximate surface area is 144 Å². The van der Waals surface area contributed by atoms with Crippen LogP contribution >= 0.6 is 0 Å². The quantitative estimate of drug-likeness (QED) is 0.856. The van der Waals surface area contributed by atoms with Crippen LogP contribution < -0.4 is 10.9 Å². The van der Waals surface area contributed by atoms with Gasteiger partial charge < -0.3 is 4.90 Å². The van der Waals surface area contributed by atoms with Crippen LogP contribution in [0.25, 0.3) is 0 Å². The molecule has 2 N–H and O–H groups in total. The number of carbonyl (C=O) groups excluding carboxylic acids is 1. The number of nitrogens with one attached hydrogen (secondary N) is 2. The second-order valence-corrected chi connectivity index (χ2v) is 7.41. The number of benzene rings is 1. The molecule has 0 bridgehead atoms. The summed E-state index contributed by atoms with van der Waals surface area (Å²) in [6, 6.07) is 5.46. The number of nitrogens with zero attached hydrogens (tertiary/aromatic N) is 1. The summed E-state index contributed by atoms with van der Waals surface area (Å²) in [7, 11) is 0. The Morgan fingerprint density at radius 2 is 1.76 bits per heavy atom. The SMILES string of the molecule is O=C(C1CC(C2CC2)NN1)N(Cc1ccc(C(F)(F)F)cc1)C1CC1. The standard InChI is InChI=1S/C18H22F3N3O/c19-18(20,21)13-5-1-11(2-6-13)10-24(14-7-8-14)17(25)16-9-15(22-23-16)12-3-4-12/h1-2,5-6,12,14-16,22-23H,3-4,7-10H2. The molecule has 4 rings (SSSR count). The minimum absolute atomic E-state index is 0.0537. The first-order valence-electron chi connectivity index (χ1n) is 8.89. The van der Waals surface area contributed by atoms with Crippen molar-refractivity contribution >= 4 is 5.91 Å². The fraction of sp³-hybridized carbons (Fsp3) is 0.611. The molecule has 0 aromatic heterocycles. The first-order chi connectivity index (χ1) is 11.9. The summed E-state index contributed by atoms with van der Waals surface area (Å²) in [5, 5.41) is 0. The molecule has 2 aliphatic carbocycles. The number of halogens is 3. The third-order valence-electron chi connectivity index (χ3n) is 5.33. The van der Waals surface area contributed by atoms with Crippen molar-refractivity contribution in [1.29, 1.82) is 0 Å². The van der Waals surface area contributed by atoms with Crippen LogP contribution in [-0.2, 0) is 17.5 Å². The zero-order valence-corrected chi connectivity index (χ0v) is 13.9. The van der Waals surface area contributed by atoms with Gasteiger partial charge in [-0.25, -0.2) is 5.43 Å². The monoisotopic (exact) mass is 353 g/mol. The molecule has 0 radical (unpaired) electrons. The van der Waals surface area contributed by atoms with E-state index in [1.54, 1.807) is 0 Å². The number of carbonyl (C=O) groups is 1. The Balaban J connectivity index is 1.42. The van der Waals surface area contributed by atoms with E-state index in [0.29, 0.717) is 18.5 Å². The van der Waals surface area contributed by atoms with E-state index in [0.717, 1.165) is 37.0 Å². The highest BCUT2D eigenvalue weighted by atomic mass is 19.4. The summed E-state index contributed by atoms with van der Waals surface area (Å²) in [6.45, 7) is 0.369. The number of amides is 1. The van der Waals surface area contributed by atoms with Gasteiger partial charge in [0.2, 0.25) is 5.91 Å². The average molecular weight is 353 g/mol. The molecule has 4 nitrogen and oxygen atoms in total. The molecule has 1 amide bonds. The fourth-order valence-electron chi connectivity index (χ4n) is 3.52. The lowest BCUT2D eigenvalue weighted by Gasteiger charge is -2.25. The lowest BCUT2D eigenvalue weighted by atomic mass is 10.0. The van der Waals surface area contributed by atoms with Gasteiger partial charge in [0.1, 0.15) is 6.04 Å². The van der Waals surface area contributed by atoms with Crippen molar-refractivity contribution in [2.75, 3.05) is 0 Å². The largest absolute Gasteiger partial charge is 0.416 e. The fourth-order valence-corrected chi connectivity index (χ4v) is 3.52. The van der Waals surface area contributed by atoms with Gasteiger partial charge in [0.15, 0.2) is 0 Å². The molecule has 2 unspecified atom stereocenters. The van der Waals surface area contributed by atoms with Crippen molar-refractivity contribution in [2.24, 2.45) is 5.92 Å². The van der Waals surface area contributed by atoms with Gasteiger partial charge >= 0.3 is 6.18 Å². The maximum atomic E-state index is 12.9. The van der Waals surface area contributed by atoms with Crippen molar-refractivity contribution in [2.45, 2.75) is 63.0 Å². The van der Waals surface area contributed by atoms with Crippen molar-refractivity contribution in [3.63, 3.8) is 0 Å². The van der Waals surface area contributed by atoms with E-state index < -0.39 is 11.7 Å². The molecule has 1 heterocycles. The highest BCUT2D eigenvalue weighted by Crippen LogP contribution is 2.37. The van der Waals surface area contributed by atoms with Crippen LogP contribution in [0.4, 0.5) is 13.2 Å². The minimum Gasteiger partial charge on any atom is -0.334 e. The molecule has 7 heteroatoms. The summed E-state index contributed by atoms with van der Waals surface area (Å²) in [5.74, 6) is 0.729. The molecule has 1 aromatic carbocycles. The number of alkyl halides is 3. The predicted molar refractivity (Wildman–Crippen MR) is 86.2 cm³/mol. The number of hydrazine groups is 1. The second-order valence-electron chi connectivity index (χ2n) is 7.41. The molecule has 1 aromatic rings. The van der Waals surface area contributed by atoms with Gasteiger partial charge in [0, 0.05) is 18.6 Å². The van der Waals surface area contributed by atoms with Crippen LogP contribution in [-0.4, -0.2) is 28.9 Å². The summed E-state index contributed by atoms with van der Waals surface area (Å²) in [4.78, 5) is 14.7. The molecule has 2 saturated carbocycles. The molecular weight excluding hydrogens is 331 g/mol. The Bertz CT molecular complexity index is 638. The van der Waals surface area contributed by atoms with E-state index in [9.17, 15) is 18.0 Å². The Hall–Kier alpha value is -1.60. The summed E-state index contributed by atoms with van der Waals surface area (Å²) in [5.41, 5.74) is 6.42. The third kappa shape index (κ3) is 3.82. The van der Waals surface area contributed by atoms with Crippen LogP contribution in [0.1, 0.15) is 43.2 Å². The van der Waals surface area contributed by atoms with Gasteiger partial charge in [-0.05, 0) is 55.7 Å². The Kier molecular flexibility index (Phi) is 4.24. The van der Waals surface area contributed by atoms with E-state index in [4.69, 9.17) is 0 Å². The normalized spacial score (nSPS) is 26.7. The van der Waals surface area contributed by atoms with Gasteiger partial charge in [-0.3, -0.25) is 10.2 Å². The average Bonchev–Trinajstić information content (AvgIpc) is 3.51. The number of hydrogen-bond acceptors (Lipinski definition) is 3. The molecule has 1 saturated heterocycles. The van der Waals surface area contributed by atoms with Gasteiger partial charge in [0.05, 0.1) is 5.56 Å². The first-order valence-corrected chi connectivity index (χ1v) is 8.89. The molecule has 3 fully saturated rings. The van der Waals surface area contributed by atoms with E-state index in [1.807, 2.05) is 4.90 Å². The van der Waals surface area contributed by atoms with E-state index >= 15 is 0 Å². The van der Waals surface area contributed by atoms with E-state index in [2.05, 4.69) is 10.9 Å². The smallest absolute Gasteiger partial charge is 0.334 e. The summed E-state index contributed by atoms with van der Waals surface area (Å²) < 4.78 is 38.0. The molecule has 3 aliphatic rings. The lowest BCUT2D eigenvalue weighted by Crippen LogP contribution is -2.46. The third-order valence-corrected chi connectivity index (χ3v) is 5.33. The van der Waals surface area contributed by atoms with Crippen LogP contribution in [0.15, 0.2) is 24.3 Å². The van der Waals surface area contributed by atoms with Crippen molar-refractivity contribution in [1.82, 2.24) is 15.8 Å². The minimum atomic E-state index is -4.33. The van der Waals surface area contributed by atoms with Gasteiger partial charge in [0.25, 0.3) is 0 Å². The van der Waals surface area contributed by atoms with Crippen LogP contribution in [0.3, 0.4) is 0 Å². The second kappa shape index (κ2) is 6.29. The maximum Gasteiger partial charge on any atom is 0.416 e. The molecule has 0 spiro atoms. The Morgan fingerprint density at radius 1 is 1.08 bits per heavy atom. The molecule has 2 atom stereocenters. The van der Waals surface area contributed by atoms with Crippen molar-refractivity contribution in [3.05, 3.63) is 35.4 Å². The highest BCUT2D eigenvalue weighted by Gasteiger charge is 2.42. The number of hydrogen-bond donors (Lipinski definition) is 2. The predicted octanol–water partition coefficient (Wildman–Crippen LogP) is 2.84. The Morgan fingerprint density at radius 3 is 2.32 bits per heavy atom. The molecule has 1 aliphatic heterocycles. The maximum absolute atomic E-state index is 12.9. The summed E-state index contributed by atoms with van der Waals surface area (Å²) in [6.07, 6.45) is 0.842. The van der Waals surface area contributed by atoms with Crippen LogP contribution in [0.2, 0.25) is 0 Å². The molecular formula is C18H22F3N3O. The first kappa shape index (κ1) is 16.8.